The Labute approximate surface area is 93.9 Å². The summed E-state index contributed by atoms with van der Waals surface area (Å²) in [7, 11) is 0. The smallest absolute Gasteiger partial charge is 0.337 e. The van der Waals surface area contributed by atoms with Gasteiger partial charge in [-0.1, -0.05) is 0 Å². The van der Waals surface area contributed by atoms with E-state index in [1.165, 1.54) is 0 Å². The van der Waals surface area contributed by atoms with Crippen molar-refractivity contribution in [3.05, 3.63) is 23.3 Å². The molecular weight excluding hydrogens is 208 g/mol. The van der Waals surface area contributed by atoms with E-state index in [0.29, 0.717) is 17.4 Å². The summed E-state index contributed by atoms with van der Waals surface area (Å²) in [6.07, 6.45) is 4.28. The monoisotopic (exact) mass is 222 g/mol. The molecule has 4 heteroatoms. The molecule has 0 aromatic rings. The molecular formula is C12H14O4. The third-order valence-electron chi connectivity index (χ3n) is 3.04. The second-order valence-electron chi connectivity index (χ2n) is 4.28. The summed E-state index contributed by atoms with van der Waals surface area (Å²) in [5.74, 6) is -0.472. The zero-order chi connectivity index (χ0) is 12.0. The van der Waals surface area contributed by atoms with Crippen molar-refractivity contribution < 1.29 is 19.1 Å². The molecule has 0 aliphatic carbocycles. The number of rotatable bonds is 3. The summed E-state index contributed by atoms with van der Waals surface area (Å²) >= 11 is 0. The predicted octanol–water partition coefficient (Wildman–Crippen LogP) is 1.16. The molecule has 0 aromatic carbocycles. The van der Waals surface area contributed by atoms with E-state index in [2.05, 4.69) is 0 Å². The van der Waals surface area contributed by atoms with Crippen molar-refractivity contribution in [2.24, 2.45) is 0 Å². The van der Waals surface area contributed by atoms with Gasteiger partial charge in [-0.3, -0.25) is 4.79 Å². The zero-order valence-electron chi connectivity index (χ0n) is 9.57. The fraction of sp³-hybridized carbons (Fsp3) is 0.500. The Morgan fingerprint density at radius 3 is 2.62 bits per heavy atom. The second-order valence-corrected chi connectivity index (χ2v) is 4.28. The minimum Gasteiger partial charge on any atom is -0.463 e. The van der Waals surface area contributed by atoms with Gasteiger partial charge in [-0.2, -0.15) is 0 Å². The summed E-state index contributed by atoms with van der Waals surface area (Å²) in [5.41, 5.74) is -0.902. The van der Waals surface area contributed by atoms with Gasteiger partial charge in [-0.25, -0.2) is 4.79 Å². The predicted molar refractivity (Wildman–Crippen MR) is 56.8 cm³/mol. The molecule has 0 spiro atoms. The first-order valence-corrected chi connectivity index (χ1v) is 5.25. The van der Waals surface area contributed by atoms with Crippen LogP contribution in [-0.4, -0.2) is 30.1 Å². The molecule has 2 bridgehead atoms. The average molecular weight is 222 g/mol. The maximum atomic E-state index is 11.8. The lowest BCUT2D eigenvalue weighted by Gasteiger charge is -2.20. The minimum absolute atomic E-state index is 0.283. The van der Waals surface area contributed by atoms with E-state index in [4.69, 9.17) is 9.47 Å². The lowest BCUT2D eigenvalue weighted by atomic mass is 9.84. The SMILES string of the molecule is CCOC(=O)C1=C(C=O)C2(C)C=CC1(C)O2. The molecule has 0 N–H and O–H groups in total. The number of esters is 1. The lowest BCUT2D eigenvalue weighted by Crippen LogP contribution is -2.28. The fourth-order valence-electron chi connectivity index (χ4n) is 2.31. The van der Waals surface area contributed by atoms with Crippen LogP contribution in [0.3, 0.4) is 0 Å². The molecule has 0 amide bonds. The minimum atomic E-state index is -0.822. The van der Waals surface area contributed by atoms with Gasteiger partial charge in [-0.05, 0) is 32.9 Å². The first-order valence-electron chi connectivity index (χ1n) is 5.25. The largest absolute Gasteiger partial charge is 0.463 e. The quantitative estimate of drug-likeness (QED) is 0.408. The first-order chi connectivity index (χ1) is 7.47. The molecule has 2 rings (SSSR count). The van der Waals surface area contributed by atoms with Gasteiger partial charge in [-0.15, -0.1) is 0 Å². The third kappa shape index (κ3) is 1.26. The maximum Gasteiger partial charge on any atom is 0.337 e. The van der Waals surface area contributed by atoms with Crippen molar-refractivity contribution in [1.82, 2.24) is 0 Å². The van der Waals surface area contributed by atoms with Crippen molar-refractivity contribution in [3.63, 3.8) is 0 Å². The Morgan fingerprint density at radius 1 is 1.44 bits per heavy atom. The van der Waals surface area contributed by atoms with Crippen molar-refractivity contribution >= 4 is 12.3 Å². The number of aldehydes is 1. The first kappa shape index (κ1) is 11.1. The van der Waals surface area contributed by atoms with E-state index in [-0.39, 0.29) is 6.61 Å². The summed E-state index contributed by atoms with van der Waals surface area (Å²) in [6, 6.07) is 0. The molecule has 2 atom stereocenters. The zero-order valence-corrected chi connectivity index (χ0v) is 9.57. The summed E-state index contributed by atoms with van der Waals surface area (Å²) in [4.78, 5) is 22.9. The van der Waals surface area contributed by atoms with E-state index in [1.807, 2.05) is 0 Å². The Morgan fingerprint density at radius 2 is 2.06 bits per heavy atom. The Balaban J connectivity index is 2.49. The molecule has 0 fully saturated rings. The van der Waals surface area contributed by atoms with Gasteiger partial charge < -0.3 is 9.47 Å². The highest BCUT2D eigenvalue weighted by Crippen LogP contribution is 2.48. The average Bonchev–Trinajstić information content (AvgIpc) is 2.63. The number of ether oxygens (including phenoxy) is 2. The van der Waals surface area contributed by atoms with Crippen LogP contribution in [0.5, 0.6) is 0 Å². The van der Waals surface area contributed by atoms with Gasteiger partial charge in [0.15, 0.2) is 0 Å². The molecule has 2 unspecified atom stereocenters. The van der Waals surface area contributed by atoms with E-state index < -0.39 is 17.2 Å². The lowest BCUT2D eigenvalue weighted by molar-refractivity contribution is -0.140. The molecule has 86 valence electrons. The molecule has 4 nitrogen and oxygen atoms in total. The van der Waals surface area contributed by atoms with Crippen LogP contribution >= 0.6 is 0 Å². The highest BCUT2D eigenvalue weighted by atomic mass is 16.6. The summed E-state index contributed by atoms with van der Waals surface area (Å²) in [5, 5.41) is 0. The van der Waals surface area contributed by atoms with Crippen LogP contribution in [-0.2, 0) is 19.1 Å². The number of hydrogen-bond donors (Lipinski definition) is 0. The number of hydrogen-bond acceptors (Lipinski definition) is 4. The van der Waals surface area contributed by atoms with Crippen molar-refractivity contribution in [1.29, 1.82) is 0 Å². The molecule has 2 aliphatic rings. The highest BCUT2D eigenvalue weighted by molar-refractivity contribution is 6.01. The number of carbonyl (C=O) groups excluding carboxylic acids is 2. The third-order valence-corrected chi connectivity index (χ3v) is 3.04. The molecule has 0 radical (unpaired) electrons. The summed E-state index contributed by atoms with van der Waals surface area (Å²) in [6.45, 7) is 5.54. The van der Waals surface area contributed by atoms with Gasteiger partial charge in [0.25, 0.3) is 0 Å². The van der Waals surface area contributed by atoms with Crippen LogP contribution in [0.2, 0.25) is 0 Å². The van der Waals surface area contributed by atoms with Crippen LogP contribution in [0.25, 0.3) is 0 Å². The van der Waals surface area contributed by atoms with Crippen LogP contribution in [0, 0.1) is 0 Å². The molecule has 2 aliphatic heterocycles. The van der Waals surface area contributed by atoms with E-state index in [1.54, 1.807) is 32.9 Å². The van der Waals surface area contributed by atoms with Gasteiger partial charge in [0.2, 0.25) is 0 Å². The van der Waals surface area contributed by atoms with Crippen LogP contribution in [0.1, 0.15) is 20.8 Å². The maximum absolute atomic E-state index is 11.8. The van der Waals surface area contributed by atoms with Crippen LogP contribution < -0.4 is 0 Å². The highest BCUT2D eigenvalue weighted by Gasteiger charge is 2.55. The van der Waals surface area contributed by atoms with Gasteiger partial charge in [0.1, 0.15) is 17.5 Å². The summed E-state index contributed by atoms with van der Waals surface area (Å²) < 4.78 is 10.7. The van der Waals surface area contributed by atoms with Crippen LogP contribution in [0.15, 0.2) is 23.3 Å². The molecule has 16 heavy (non-hydrogen) atoms. The molecule has 0 saturated carbocycles. The van der Waals surface area contributed by atoms with Gasteiger partial charge in [0.05, 0.1) is 12.2 Å². The van der Waals surface area contributed by atoms with E-state index in [9.17, 15) is 9.59 Å². The molecule has 0 aromatic heterocycles. The van der Waals surface area contributed by atoms with E-state index in [0.717, 1.165) is 0 Å². The second kappa shape index (κ2) is 3.28. The Hall–Kier alpha value is -1.42. The van der Waals surface area contributed by atoms with Crippen LogP contribution in [0.4, 0.5) is 0 Å². The Bertz CT molecular complexity index is 421. The number of carbonyl (C=O) groups is 2. The molecule has 2 heterocycles. The molecule has 0 saturated heterocycles. The van der Waals surface area contributed by atoms with Gasteiger partial charge in [0, 0.05) is 5.57 Å². The van der Waals surface area contributed by atoms with Crippen molar-refractivity contribution in [3.8, 4) is 0 Å². The van der Waals surface area contributed by atoms with Crippen molar-refractivity contribution in [2.75, 3.05) is 6.61 Å². The van der Waals surface area contributed by atoms with E-state index >= 15 is 0 Å². The number of fused-ring (bicyclic) bond motifs is 2. The Kier molecular flexibility index (Phi) is 2.27. The fourth-order valence-corrected chi connectivity index (χ4v) is 2.31. The van der Waals surface area contributed by atoms with Crippen molar-refractivity contribution in [2.45, 2.75) is 32.0 Å². The van der Waals surface area contributed by atoms with Gasteiger partial charge >= 0.3 is 5.97 Å². The topological polar surface area (TPSA) is 52.6 Å². The standard InChI is InChI=1S/C12H14O4/c1-4-15-10(14)9-8(7-13)11(2)5-6-12(9,3)16-11/h5-7H,4H2,1-3H3. The normalized spacial score (nSPS) is 35.7.